The summed E-state index contributed by atoms with van der Waals surface area (Å²) in [5.74, 6) is -0.604. The molecule has 0 bridgehead atoms. The second-order valence-corrected chi connectivity index (χ2v) is 6.36. The van der Waals surface area contributed by atoms with Crippen molar-refractivity contribution in [3.8, 4) is 6.07 Å². The molecule has 0 N–H and O–H groups in total. The Morgan fingerprint density at radius 3 is 2.33 bits per heavy atom. The van der Waals surface area contributed by atoms with Crippen molar-refractivity contribution in [1.29, 1.82) is 5.26 Å². The van der Waals surface area contributed by atoms with Crippen LogP contribution in [0.1, 0.15) is 19.3 Å². The molecule has 1 aromatic rings. The summed E-state index contributed by atoms with van der Waals surface area (Å²) < 4.78 is 61.7. The van der Waals surface area contributed by atoms with Gasteiger partial charge in [-0.2, -0.15) is 18.4 Å². The van der Waals surface area contributed by atoms with E-state index in [4.69, 9.17) is 5.26 Å². The zero-order valence-corrected chi connectivity index (χ0v) is 12.0. The Morgan fingerprint density at radius 1 is 1.19 bits per heavy atom. The van der Waals surface area contributed by atoms with Crippen LogP contribution >= 0.6 is 0 Å². The van der Waals surface area contributed by atoms with Crippen LogP contribution in [-0.2, 0) is 10.0 Å². The van der Waals surface area contributed by atoms with Crippen LogP contribution in [0.25, 0.3) is 0 Å². The van der Waals surface area contributed by atoms with Gasteiger partial charge < -0.3 is 0 Å². The molecular weight excluding hydrogens is 305 g/mol. The highest BCUT2D eigenvalue weighted by atomic mass is 32.2. The van der Waals surface area contributed by atoms with E-state index < -0.39 is 34.8 Å². The average molecular weight is 320 g/mol. The molecule has 8 heteroatoms. The predicted octanol–water partition coefficient (Wildman–Crippen LogP) is 3.08. The van der Waals surface area contributed by atoms with E-state index in [9.17, 15) is 21.6 Å². The normalized spacial score (nSPS) is 11.9. The Morgan fingerprint density at radius 2 is 1.81 bits per heavy atom. The number of para-hydroxylation sites is 1. The van der Waals surface area contributed by atoms with E-state index in [1.54, 1.807) is 30.3 Å². The Labute approximate surface area is 121 Å². The molecule has 1 aromatic carbocycles. The topological polar surface area (TPSA) is 61.2 Å². The SMILES string of the molecule is N#CCCN(c1ccccc1)S(=O)(=O)CCCC(F)(F)F. The van der Waals surface area contributed by atoms with Gasteiger partial charge >= 0.3 is 6.18 Å². The van der Waals surface area contributed by atoms with Crippen LogP contribution in [0.15, 0.2) is 30.3 Å². The fourth-order valence-electron chi connectivity index (χ4n) is 1.74. The molecule has 0 unspecified atom stereocenters. The Hall–Kier alpha value is -1.75. The van der Waals surface area contributed by atoms with Crippen molar-refractivity contribution >= 4 is 15.7 Å². The lowest BCUT2D eigenvalue weighted by Crippen LogP contribution is -2.34. The van der Waals surface area contributed by atoms with Crippen LogP contribution in [0.4, 0.5) is 18.9 Å². The summed E-state index contributed by atoms with van der Waals surface area (Å²) in [6.07, 6.45) is -6.05. The highest BCUT2D eigenvalue weighted by Crippen LogP contribution is 2.24. The molecule has 4 nitrogen and oxygen atoms in total. The van der Waals surface area contributed by atoms with Gasteiger partial charge in [0.05, 0.1) is 23.9 Å². The maximum atomic E-state index is 12.2. The summed E-state index contributed by atoms with van der Waals surface area (Å²) in [4.78, 5) is 0. The highest BCUT2D eigenvalue weighted by molar-refractivity contribution is 7.92. The first-order chi connectivity index (χ1) is 9.76. The number of hydrogen-bond donors (Lipinski definition) is 0. The quantitative estimate of drug-likeness (QED) is 0.775. The smallest absolute Gasteiger partial charge is 0.269 e. The third-order valence-corrected chi connectivity index (χ3v) is 4.54. The van der Waals surface area contributed by atoms with Crippen LogP contribution in [-0.4, -0.2) is 26.9 Å². The van der Waals surface area contributed by atoms with Crippen LogP contribution in [0.5, 0.6) is 0 Å². The summed E-state index contributed by atoms with van der Waals surface area (Å²) in [5.41, 5.74) is 0.347. The maximum Gasteiger partial charge on any atom is 0.389 e. The lowest BCUT2D eigenvalue weighted by atomic mass is 10.3. The standard InChI is InChI=1S/C13H15F3N2O2S/c14-13(15,16)8-4-11-21(19,20)18(10-5-9-17)12-6-2-1-3-7-12/h1-3,6-7H,4-5,8,10-11H2. The minimum atomic E-state index is -4.38. The van der Waals surface area contributed by atoms with Crippen molar-refractivity contribution in [3.05, 3.63) is 30.3 Å². The number of halogens is 3. The first kappa shape index (κ1) is 17.3. The van der Waals surface area contributed by atoms with Crippen molar-refractivity contribution in [2.75, 3.05) is 16.6 Å². The van der Waals surface area contributed by atoms with E-state index >= 15 is 0 Å². The molecule has 0 aliphatic heterocycles. The number of nitriles is 1. The van der Waals surface area contributed by atoms with E-state index in [0.717, 1.165) is 4.31 Å². The summed E-state index contributed by atoms with van der Waals surface area (Å²) >= 11 is 0. The molecule has 1 rings (SSSR count). The molecular formula is C13H15F3N2O2S. The summed E-state index contributed by atoms with van der Waals surface area (Å²) in [6.45, 7) is -0.0745. The van der Waals surface area contributed by atoms with Crippen LogP contribution in [0.2, 0.25) is 0 Å². The molecule has 21 heavy (non-hydrogen) atoms. The third-order valence-electron chi connectivity index (χ3n) is 2.67. The van der Waals surface area contributed by atoms with Gasteiger partial charge in [-0.15, -0.1) is 0 Å². The zero-order chi connectivity index (χ0) is 15.9. The molecule has 0 saturated carbocycles. The van der Waals surface area contributed by atoms with E-state index in [2.05, 4.69) is 0 Å². The second-order valence-electron chi connectivity index (χ2n) is 4.35. The monoisotopic (exact) mass is 320 g/mol. The lowest BCUT2D eigenvalue weighted by molar-refractivity contribution is -0.134. The largest absolute Gasteiger partial charge is 0.389 e. The van der Waals surface area contributed by atoms with Gasteiger partial charge in [0.25, 0.3) is 0 Å². The van der Waals surface area contributed by atoms with Gasteiger partial charge in [-0.25, -0.2) is 8.42 Å². The summed E-state index contributed by atoms with van der Waals surface area (Å²) in [5, 5.41) is 8.59. The van der Waals surface area contributed by atoms with E-state index in [-0.39, 0.29) is 13.0 Å². The van der Waals surface area contributed by atoms with Crippen molar-refractivity contribution in [2.24, 2.45) is 0 Å². The minimum absolute atomic E-state index is 0.0343. The zero-order valence-electron chi connectivity index (χ0n) is 11.2. The lowest BCUT2D eigenvalue weighted by Gasteiger charge is -2.23. The number of hydrogen-bond acceptors (Lipinski definition) is 3. The number of anilines is 1. The fourth-order valence-corrected chi connectivity index (χ4v) is 3.28. The predicted molar refractivity (Wildman–Crippen MR) is 73.1 cm³/mol. The van der Waals surface area contributed by atoms with Crippen molar-refractivity contribution in [2.45, 2.75) is 25.4 Å². The molecule has 0 aromatic heterocycles. The van der Waals surface area contributed by atoms with Crippen molar-refractivity contribution < 1.29 is 21.6 Å². The molecule has 0 aliphatic carbocycles. The van der Waals surface area contributed by atoms with Gasteiger partial charge in [0.15, 0.2) is 0 Å². The first-order valence-electron chi connectivity index (χ1n) is 6.25. The molecule has 0 saturated heterocycles. The fraction of sp³-hybridized carbons (Fsp3) is 0.462. The van der Waals surface area contributed by atoms with Gasteiger partial charge in [-0.3, -0.25) is 4.31 Å². The Bertz CT molecular complexity index is 580. The van der Waals surface area contributed by atoms with Gasteiger partial charge in [-0.1, -0.05) is 18.2 Å². The molecule has 0 fully saturated rings. The number of benzene rings is 1. The Balaban J connectivity index is 2.84. The highest BCUT2D eigenvalue weighted by Gasteiger charge is 2.29. The molecule has 0 aliphatic rings. The molecule has 0 heterocycles. The van der Waals surface area contributed by atoms with Crippen LogP contribution in [0, 0.1) is 11.3 Å². The summed E-state index contributed by atoms with van der Waals surface area (Å²) in [6, 6.07) is 9.86. The average Bonchev–Trinajstić information content (AvgIpc) is 2.38. The molecule has 0 spiro atoms. The second kappa shape index (κ2) is 7.31. The third kappa shape index (κ3) is 6.04. The molecule has 0 radical (unpaired) electrons. The van der Waals surface area contributed by atoms with E-state index in [0.29, 0.717) is 5.69 Å². The Kier molecular flexibility index (Phi) is 6.03. The van der Waals surface area contributed by atoms with Crippen LogP contribution < -0.4 is 4.31 Å². The number of sulfonamides is 1. The summed E-state index contributed by atoms with van der Waals surface area (Å²) in [7, 11) is -3.89. The number of nitrogens with zero attached hydrogens (tertiary/aromatic N) is 2. The van der Waals surface area contributed by atoms with Gasteiger partial charge in [0.1, 0.15) is 0 Å². The van der Waals surface area contributed by atoms with Gasteiger partial charge in [0.2, 0.25) is 10.0 Å². The van der Waals surface area contributed by atoms with Crippen molar-refractivity contribution in [1.82, 2.24) is 0 Å². The molecule has 0 amide bonds. The molecule has 116 valence electrons. The van der Waals surface area contributed by atoms with E-state index in [1.807, 2.05) is 6.07 Å². The molecule has 0 atom stereocenters. The first-order valence-corrected chi connectivity index (χ1v) is 7.86. The van der Waals surface area contributed by atoms with Gasteiger partial charge in [-0.05, 0) is 18.6 Å². The van der Waals surface area contributed by atoms with E-state index in [1.165, 1.54) is 0 Å². The minimum Gasteiger partial charge on any atom is -0.269 e. The number of alkyl halides is 3. The van der Waals surface area contributed by atoms with Gasteiger partial charge in [0, 0.05) is 13.0 Å². The van der Waals surface area contributed by atoms with Crippen molar-refractivity contribution in [3.63, 3.8) is 0 Å². The maximum absolute atomic E-state index is 12.2. The van der Waals surface area contributed by atoms with Crippen LogP contribution in [0.3, 0.4) is 0 Å². The number of rotatable bonds is 7.